The van der Waals surface area contributed by atoms with E-state index in [4.69, 9.17) is 21.3 Å². The summed E-state index contributed by atoms with van der Waals surface area (Å²) in [5.74, 6) is 2.19. The number of nitrogens with zero attached hydrogens (tertiary/aromatic N) is 3. The molecule has 0 atom stereocenters. The summed E-state index contributed by atoms with van der Waals surface area (Å²) in [5, 5.41) is 0.0594. The van der Waals surface area contributed by atoms with Crippen LogP contribution in [-0.4, -0.2) is 47.1 Å². The highest BCUT2D eigenvalue weighted by molar-refractivity contribution is 7.79. The molecule has 2 aliphatic rings. The first-order chi connectivity index (χ1) is 12.1. The predicted octanol–water partition coefficient (Wildman–Crippen LogP) is 4.40. The fourth-order valence-electron chi connectivity index (χ4n) is 3.03. The molecule has 0 spiro atoms. The van der Waals surface area contributed by atoms with Crippen molar-refractivity contribution < 1.29 is 9.13 Å². The first-order valence-corrected chi connectivity index (χ1v) is 8.75. The summed E-state index contributed by atoms with van der Waals surface area (Å²) < 4.78 is 19.3. The lowest BCUT2D eigenvalue weighted by atomic mass is 10.1. The van der Waals surface area contributed by atoms with Gasteiger partial charge in [0.2, 0.25) is 0 Å². The molecule has 0 bridgehead atoms. The Labute approximate surface area is 155 Å². The van der Waals surface area contributed by atoms with Crippen LogP contribution in [0.25, 0.3) is 0 Å². The van der Waals surface area contributed by atoms with Crippen molar-refractivity contribution in [1.82, 2.24) is 9.80 Å². The van der Waals surface area contributed by atoms with Gasteiger partial charge in [0.15, 0.2) is 5.75 Å². The Morgan fingerprint density at radius 1 is 1.08 bits per heavy atom. The second-order valence-electron chi connectivity index (χ2n) is 5.87. The van der Waals surface area contributed by atoms with E-state index in [2.05, 4.69) is 17.1 Å². The number of fused-ring (bicyclic) bond motifs is 2. The van der Waals surface area contributed by atoms with Crippen molar-refractivity contribution in [2.24, 2.45) is 4.99 Å². The first kappa shape index (κ1) is 16.3. The molecule has 0 amide bonds. The van der Waals surface area contributed by atoms with E-state index in [0.717, 1.165) is 17.1 Å². The maximum atomic E-state index is 13.3. The minimum atomic E-state index is -0.556. The first-order valence-electron chi connectivity index (χ1n) is 7.97. The Balaban J connectivity index is 1.76. The summed E-state index contributed by atoms with van der Waals surface area (Å²) in [5.41, 5.74) is 1.59. The number of amidine groups is 1. The smallest absolute Gasteiger partial charge is 0.255 e. The van der Waals surface area contributed by atoms with Gasteiger partial charge in [0.25, 0.3) is 5.24 Å². The Morgan fingerprint density at radius 3 is 2.60 bits per heavy atom. The van der Waals surface area contributed by atoms with E-state index < -0.39 is 5.24 Å². The summed E-state index contributed by atoms with van der Waals surface area (Å²) in [7, 11) is 0. The number of halogens is 2. The summed E-state index contributed by atoms with van der Waals surface area (Å²) in [6.45, 7) is 2.29. The van der Waals surface area contributed by atoms with Gasteiger partial charge in [-0.2, -0.15) is 4.39 Å². The second-order valence-corrected chi connectivity index (χ2v) is 6.65. The molecule has 1 fully saturated rings. The molecule has 0 unspecified atom stereocenters. The molecule has 0 aromatic heterocycles. The highest BCUT2D eigenvalue weighted by Gasteiger charge is 2.26. The van der Waals surface area contributed by atoms with E-state index >= 15 is 0 Å². The number of para-hydroxylation sites is 2. The lowest BCUT2D eigenvalue weighted by Gasteiger charge is -2.36. The molecule has 25 heavy (non-hydrogen) atoms. The van der Waals surface area contributed by atoms with Crippen molar-refractivity contribution >= 4 is 40.6 Å². The van der Waals surface area contributed by atoms with Crippen LogP contribution in [0.4, 0.5) is 10.1 Å². The van der Waals surface area contributed by atoms with Gasteiger partial charge in [0, 0.05) is 31.2 Å². The number of hydrogen-bond donors (Lipinski definition) is 0. The van der Waals surface area contributed by atoms with Crippen LogP contribution in [-0.2, 0) is 0 Å². The zero-order valence-electron chi connectivity index (χ0n) is 13.3. The van der Waals surface area contributed by atoms with Crippen LogP contribution in [0.5, 0.6) is 11.5 Å². The molecule has 0 radical (unpaired) electrons. The molecule has 128 valence electrons. The molecule has 0 aliphatic carbocycles. The van der Waals surface area contributed by atoms with Crippen LogP contribution in [0.3, 0.4) is 0 Å². The number of thiocarbonyl (C=S) groups is 1. The number of benzene rings is 2. The number of ether oxygens (including phenoxy) is 1. The van der Waals surface area contributed by atoms with E-state index in [-0.39, 0.29) is 0 Å². The normalized spacial score (nSPS) is 16.3. The topological polar surface area (TPSA) is 28.1 Å². The van der Waals surface area contributed by atoms with E-state index in [0.29, 0.717) is 42.7 Å². The van der Waals surface area contributed by atoms with Crippen LogP contribution < -0.4 is 4.74 Å². The Hall–Kier alpha value is -2.18. The zero-order chi connectivity index (χ0) is 17.4. The van der Waals surface area contributed by atoms with Gasteiger partial charge in [-0.05, 0) is 42.5 Å². The lowest BCUT2D eigenvalue weighted by molar-refractivity contribution is 0.248. The molecule has 2 heterocycles. The largest absolute Gasteiger partial charge is 0.454 e. The third-order valence-electron chi connectivity index (χ3n) is 4.32. The van der Waals surface area contributed by atoms with Gasteiger partial charge in [-0.3, -0.25) is 0 Å². The monoisotopic (exact) mass is 375 g/mol. The number of rotatable bonds is 0. The molecule has 0 saturated carbocycles. The Kier molecular flexibility index (Phi) is 4.31. The standard InChI is InChI=1S/C18H15ClFN3OS/c19-12-5-6-15-13(11-12)17(21-14-3-1-2-4-16(14)24-15)22-7-9-23(10-8-22)18(20)25/h1-6,11H,7-10H2. The second kappa shape index (κ2) is 6.61. The van der Waals surface area contributed by atoms with Gasteiger partial charge in [-0.25, -0.2) is 4.99 Å². The van der Waals surface area contributed by atoms with Crippen molar-refractivity contribution in [3.05, 3.63) is 53.1 Å². The average Bonchev–Trinajstić information content (AvgIpc) is 2.78. The van der Waals surface area contributed by atoms with E-state index in [1.165, 1.54) is 0 Å². The maximum absolute atomic E-state index is 13.3. The van der Waals surface area contributed by atoms with Gasteiger partial charge in [-0.1, -0.05) is 23.7 Å². The minimum Gasteiger partial charge on any atom is -0.454 e. The van der Waals surface area contributed by atoms with Crippen molar-refractivity contribution in [2.45, 2.75) is 0 Å². The van der Waals surface area contributed by atoms with E-state index in [9.17, 15) is 4.39 Å². The summed E-state index contributed by atoms with van der Waals surface area (Å²) in [6.07, 6.45) is 0. The fraction of sp³-hybridized carbons (Fsp3) is 0.222. The van der Waals surface area contributed by atoms with Gasteiger partial charge >= 0.3 is 0 Å². The Bertz CT molecular complexity index is 865. The van der Waals surface area contributed by atoms with Crippen molar-refractivity contribution in [1.29, 1.82) is 0 Å². The molecule has 2 aliphatic heterocycles. The van der Waals surface area contributed by atoms with Crippen LogP contribution in [0.15, 0.2) is 47.5 Å². The van der Waals surface area contributed by atoms with Gasteiger partial charge in [0.05, 0.1) is 5.56 Å². The molecule has 2 aromatic rings. The van der Waals surface area contributed by atoms with E-state index in [1.807, 2.05) is 36.4 Å². The van der Waals surface area contributed by atoms with Crippen LogP contribution >= 0.6 is 23.8 Å². The molecule has 2 aromatic carbocycles. The highest BCUT2D eigenvalue weighted by atomic mass is 35.5. The number of hydrogen-bond acceptors (Lipinski definition) is 4. The number of piperazine rings is 1. The van der Waals surface area contributed by atoms with Gasteiger partial charge in [-0.15, -0.1) is 0 Å². The third-order valence-corrected chi connectivity index (χ3v) is 4.82. The third kappa shape index (κ3) is 3.19. The van der Waals surface area contributed by atoms with Crippen molar-refractivity contribution in [2.75, 3.05) is 26.2 Å². The molecular weight excluding hydrogens is 361 g/mol. The molecule has 0 N–H and O–H groups in total. The maximum Gasteiger partial charge on any atom is 0.255 e. The lowest BCUT2D eigenvalue weighted by Crippen LogP contribution is -2.49. The number of aliphatic imine (C=N–C) groups is 1. The van der Waals surface area contributed by atoms with Crippen LogP contribution in [0, 0.1) is 0 Å². The molecule has 7 heteroatoms. The van der Waals surface area contributed by atoms with Crippen molar-refractivity contribution in [3.8, 4) is 11.5 Å². The molecule has 4 nitrogen and oxygen atoms in total. The highest BCUT2D eigenvalue weighted by Crippen LogP contribution is 2.38. The predicted molar refractivity (Wildman–Crippen MR) is 101 cm³/mol. The fourth-order valence-corrected chi connectivity index (χ4v) is 3.38. The Morgan fingerprint density at radius 2 is 1.84 bits per heavy atom. The zero-order valence-corrected chi connectivity index (χ0v) is 14.9. The van der Waals surface area contributed by atoms with Gasteiger partial charge < -0.3 is 14.5 Å². The van der Waals surface area contributed by atoms with Crippen molar-refractivity contribution in [3.63, 3.8) is 0 Å². The molecular formula is C18H15ClFN3OS. The quantitative estimate of drug-likeness (QED) is 0.387. The average molecular weight is 376 g/mol. The summed E-state index contributed by atoms with van der Waals surface area (Å²) in [6, 6.07) is 13.1. The summed E-state index contributed by atoms with van der Waals surface area (Å²) in [4.78, 5) is 8.51. The van der Waals surface area contributed by atoms with Gasteiger partial charge in [0.1, 0.15) is 17.3 Å². The van der Waals surface area contributed by atoms with Crippen LogP contribution in [0.2, 0.25) is 5.02 Å². The SMILES string of the molecule is FC(=S)N1CCN(C2=Nc3ccccc3Oc3ccc(Cl)cc32)CC1. The van der Waals surface area contributed by atoms with Crippen LogP contribution in [0.1, 0.15) is 5.56 Å². The summed E-state index contributed by atoms with van der Waals surface area (Å²) >= 11 is 10.8. The molecule has 4 rings (SSSR count). The van der Waals surface area contributed by atoms with E-state index in [1.54, 1.807) is 11.0 Å². The minimum absolute atomic E-state index is 0.521. The molecule has 1 saturated heterocycles.